The molecule has 0 saturated carbocycles. The molecule has 1 aromatic carbocycles. The predicted octanol–water partition coefficient (Wildman–Crippen LogP) is 3.09. The quantitative estimate of drug-likeness (QED) is 0.713. The van der Waals surface area contributed by atoms with E-state index < -0.39 is 5.97 Å². The van der Waals surface area contributed by atoms with Crippen molar-refractivity contribution in [2.75, 3.05) is 32.9 Å². The Morgan fingerprint density at radius 1 is 1.24 bits per heavy atom. The van der Waals surface area contributed by atoms with Crippen molar-refractivity contribution in [2.45, 2.75) is 13.8 Å². The third kappa shape index (κ3) is 11.3. The van der Waals surface area contributed by atoms with Gasteiger partial charge in [-0.05, 0) is 31.3 Å². The number of hydrogen-bond acceptors (Lipinski definition) is 4. The first kappa shape index (κ1) is 20.0. The maximum atomic E-state index is 10.1. The Morgan fingerprint density at radius 3 is 2.38 bits per heavy atom. The Morgan fingerprint density at radius 2 is 1.90 bits per heavy atom. The zero-order chi connectivity index (χ0) is 16.1. The van der Waals surface area contributed by atoms with E-state index in [0.29, 0.717) is 15.8 Å². The van der Waals surface area contributed by atoms with Crippen molar-refractivity contribution < 1.29 is 19.4 Å². The summed E-state index contributed by atoms with van der Waals surface area (Å²) in [4.78, 5) is 10.1. The molecule has 0 atom stereocenters. The summed E-state index contributed by atoms with van der Waals surface area (Å²) < 4.78 is 10.1. The van der Waals surface area contributed by atoms with Crippen molar-refractivity contribution >= 4 is 29.2 Å². The average Bonchev–Trinajstić information content (AvgIpc) is 2.42. The molecule has 0 unspecified atom stereocenters. The van der Waals surface area contributed by atoms with Crippen molar-refractivity contribution in [3.05, 3.63) is 28.2 Å². The zero-order valence-corrected chi connectivity index (χ0v) is 13.7. The topological polar surface area (TPSA) is 67.8 Å². The summed E-state index contributed by atoms with van der Waals surface area (Å²) in [5.41, 5.74) is 0. The van der Waals surface area contributed by atoms with Crippen molar-refractivity contribution in [3.63, 3.8) is 0 Å². The van der Waals surface area contributed by atoms with Gasteiger partial charge in [-0.2, -0.15) is 0 Å². The second-order valence-corrected chi connectivity index (χ2v) is 4.67. The molecule has 5 nitrogen and oxygen atoms in total. The Balaban J connectivity index is 0.000000690. The van der Waals surface area contributed by atoms with Gasteiger partial charge < -0.3 is 19.9 Å². The van der Waals surface area contributed by atoms with E-state index in [-0.39, 0.29) is 19.8 Å². The Hall–Kier alpha value is -1.01. The van der Waals surface area contributed by atoms with Gasteiger partial charge in [0.2, 0.25) is 0 Å². The SMILES string of the molecule is CCNCC.O=C(O)COCCOc1ccc(Cl)cc1Cl. The van der Waals surface area contributed by atoms with Gasteiger partial charge in [0, 0.05) is 5.02 Å². The number of ether oxygens (including phenoxy) is 2. The minimum absolute atomic E-state index is 0.186. The molecule has 0 aromatic heterocycles. The Labute approximate surface area is 135 Å². The minimum Gasteiger partial charge on any atom is -0.490 e. The number of rotatable bonds is 8. The molecule has 120 valence electrons. The van der Waals surface area contributed by atoms with Crippen molar-refractivity contribution in [1.82, 2.24) is 5.32 Å². The Kier molecular flexibility index (Phi) is 12.1. The number of carboxylic acid groups (broad SMARTS) is 1. The molecular weight excluding hydrogens is 317 g/mol. The number of carboxylic acids is 1. The largest absolute Gasteiger partial charge is 0.490 e. The first-order valence-electron chi connectivity index (χ1n) is 6.59. The van der Waals surface area contributed by atoms with Gasteiger partial charge in [0.15, 0.2) is 0 Å². The molecule has 0 heterocycles. The Bertz CT molecular complexity index is 414. The van der Waals surface area contributed by atoms with Gasteiger partial charge >= 0.3 is 5.97 Å². The van der Waals surface area contributed by atoms with E-state index in [1.807, 2.05) is 0 Å². The van der Waals surface area contributed by atoms with E-state index in [9.17, 15) is 4.79 Å². The van der Waals surface area contributed by atoms with E-state index in [1.54, 1.807) is 18.2 Å². The van der Waals surface area contributed by atoms with Crippen molar-refractivity contribution in [2.24, 2.45) is 0 Å². The average molecular weight is 338 g/mol. The minimum atomic E-state index is -1.01. The molecule has 1 aromatic rings. The van der Waals surface area contributed by atoms with Crippen LogP contribution in [0.5, 0.6) is 5.75 Å². The van der Waals surface area contributed by atoms with Crippen LogP contribution in [0.2, 0.25) is 10.0 Å². The number of aliphatic carboxylic acids is 1. The molecule has 0 radical (unpaired) electrons. The molecule has 0 bridgehead atoms. The van der Waals surface area contributed by atoms with Crippen LogP contribution in [0.15, 0.2) is 18.2 Å². The van der Waals surface area contributed by atoms with Crippen LogP contribution in [0, 0.1) is 0 Å². The van der Waals surface area contributed by atoms with Crippen molar-refractivity contribution in [1.29, 1.82) is 0 Å². The highest BCUT2D eigenvalue weighted by atomic mass is 35.5. The van der Waals surface area contributed by atoms with E-state index in [1.165, 1.54) is 0 Å². The molecule has 0 aliphatic heterocycles. The number of carbonyl (C=O) groups is 1. The normalized spacial score (nSPS) is 9.71. The highest BCUT2D eigenvalue weighted by Crippen LogP contribution is 2.27. The summed E-state index contributed by atoms with van der Waals surface area (Å²) in [6.07, 6.45) is 0. The van der Waals surface area contributed by atoms with Gasteiger partial charge in [-0.15, -0.1) is 0 Å². The lowest BCUT2D eigenvalue weighted by Gasteiger charge is -2.07. The maximum Gasteiger partial charge on any atom is 0.329 e. The van der Waals surface area contributed by atoms with Gasteiger partial charge in [-0.1, -0.05) is 37.0 Å². The fourth-order valence-electron chi connectivity index (χ4n) is 1.21. The summed E-state index contributed by atoms with van der Waals surface area (Å²) in [6.45, 7) is 6.47. The lowest BCUT2D eigenvalue weighted by atomic mass is 10.3. The third-order valence-electron chi connectivity index (χ3n) is 2.10. The molecule has 2 N–H and O–H groups in total. The van der Waals surface area contributed by atoms with Crippen LogP contribution in [0.4, 0.5) is 0 Å². The van der Waals surface area contributed by atoms with E-state index in [2.05, 4.69) is 19.2 Å². The van der Waals surface area contributed by atoms with Crippen molar-refractivity contribution in [3.8, 4) is 5.75 Å². The first-order valence-corrected chi connectivity index (χ1v) is 7.34. The summed E-state index contributed by atoms with van der Waals surface area (Å²) >= 11 is 11.6. The number of halogens is 2. The maximum absolute atomic E-state index is 10.1. The molecular formula is C14H21Cl2NO4. The van der Waals surface area contributed by atoms with Crippen LogP contribution in [0.25, 0.3) is 0 Å². The molecule has 0 fully saturated rings. The lowest BCUT2D eigenvalue weighted by molar-refractivity contribution is -0.142. The highest BCUT2D eigenvalue weighted by Gasteiger charge is 2.02. The molecule has 7 heteroatoms. The summed E-state index contributed by atoms with van der Waals surface area (Å²) in [6, 6.07) is 4.86. The molecule has 0 spiro atoms. The zero-order valence-electron chi connectivity index (χ0n) is 12.2. The summed E-state index contributed by atoms with van der Waals surface area (Å²) in [5.74, 6) is -0.519. The van der Waals surface area contributed by atoms with E-state index in [0.717, 1.165) is 13.1 Å². The summed E-state index contributed by atoms with van der Waals surface area (Å²) in [7, 11) is 0. The van der Waals surface area contributed by atoms with Gasteiger partial charge in [0.25, 0.3) is 0 Å². The van der Waals surface area contributed by atoms with Crippen LogP contribution in [-0.4, -0.2) is 44.0 Å². The summed E-state index contributed by atoms with van der Waals surface area (Å²) in [5, 5.41) is 12.3. The van der Waals surface area contributed by atoms with Crippen LogP contribution >= 0.6 is 23.2 Å². The third-order valence-corrected chi connectivity index (χ3v) is 2.64. The van der Waals surface area contributed by atoms with Crippen LogP contribution in [0.3, 0.4) is 0 Å². The molecule has 0 saturated heterocycles. The number of nitrogens with one attached hydrogen (secondary N) is 1. The molecule has 0 aliphatic rings. The van der Waals surface area contributed by atoms with Gasteiger partial charge in [0.05, 0.1) is 11.6 Å². The van der Waals surface area contributed by atoms with Gasteiger partial charge in [0.1, 0.15) is 19.0 Å². The smallest absolute Gasteiger partial charge is 0.329 e. The fourth-order valence-corrected chi connectivity index (χ4v) is 1.68. The van der Waals surface area contributed by atoms with Crippen LogP contribution < -0.4 is 10.1 Å². The predicted molar refractivity (Wildman–Crippen MR) is 84.6 cm³/mol. The fraction of sp³-hybridized carbons (Fsp3) is 0.500. The molecule has 21 heavy (non-hydrogen) atoms. The number of hydrogen-bond donors (Lipinski definition) is 2. The van der Waals surface area contributed by atoms with Crippen LogP contribution in [0.1, 0.15) is 13.8 Å². The standard InChI is InChI=1S/C10H10Cl2O4.C4H11N/c11-7-1-2-9(8(12)5-7)16-4-3-15-6-10(13)14;1-3-5-4-2/h1-2,5H,3-4,6H2,(H,13,14);5H,3-4H2,1-2H3. The highest BCUT2D eigenvalue weighted by molar-refractivity contribution is 6.35. The lowest BCUT2D eigenvalue weighted by Crippen LogP contribution is -2.12. The van der Waals surface area contributed by atoms with Crippen LogP contribution in [-0.2, 0) is 9.53 Å². The number of benzene rings is 1. The molecule has 1 rings (SSSR count). The van der Waals surface area contributed by atoms with E-state index >= 15 is 0 Å². The second-order valence-electron chi connectivity index (χ2n) is 3.83. The van der Waals surface area contributed by atoms with Gasteiger partial charge in [-0.25, -0.2) is 4.79 Å². The molecule has 0 aliphatic carbocycles. The first-order chi connectivity index (χ1) is 10.0. The van der Waals surface area contributed by atoms with Gasteiger partial charge in [-0.3, -0.25) is 0 Å². The second kappa shape index (κ2) is 12.7. The molecule has 0 amide bonds. The van der Waals surface area contributed by atoms with E-state index in [4.69, 9.17) is 37.8 Å². The monoisotopic (exact) mass is 337 g/mol.